The molecule has 0 aliphatic rings. The number of oxazole rings is 1. The third-order valence-electron chi connectivity index (χ3n) is 3.51. The summed E-state index contributed by atoms with van der Waals surface area (Å²) < 4.78 is 5.82. The number of hydrogen-bond acceptors (Lipinski definition) is 3. The fraction of sp³-hybridized carbons (Fsp3) is 0.235. The number of rotatable bonds is 3. The lowest BCUT2D eigenvalue weighted by Crippen LogP contribution is -1.95. The van der Waals surface area contributed by atoms with Crippen molar-refractivity contribution in [3.05, 3.63) is 53.6 Å². The van der Waals surface area contributed by atoms with Crippen LogP contribution in [0.25, 0.3) is 22.6 Å². The van der Waals surface area contributed by atoms with Crippen LogP contribution in [0.1, 0.15) is 30.9 Å². The molecule has 3 rings (SSSR count). The Labute approximate surface area is 118 Å². The number of hydrogen-bond donors (Lipinski definition) is 1. The highest BCUT2D eigenvalue weighted by atomic mass is 16.3. The normalized spacial score (nSPS) is 11.4. The van der Waals surface area contributed by atoms with Gasteiger partial charge in [-0.3, -0.25) is 0 Å². The Morgan fingerprint density at radius 3 is 2.50 bits per heavy atom. The van der Waals surface area contributed by atoms with Crippen LogP contribution in [0.15, 0.2) is 46.9 Å². The molecular formula is C17H18N2O. The lowest BCUT2D eigenvalue weighted by molar-refractivity contribution is 0.619. The van der Waals surface area contributed by atoms with Crippen molar-refractivity contribution in [1.29, 1.82) is 0 Å². The summed E-state index contributed by atoms with van der Waals surface area (Å²) in [7, 11) is 0. The molecule has 20 heavy (non-hydrogen) atoms. The third kappa shape index (κ3) is 2.32. The average Bonchev–Trinajstić information content (AvgIpc) is 2.90. The van der Waals surface area contributed by atoms with E-state index in [2.05, 4.69) is 31.0 Å². The van der Waals surface area contributed by atoms with Gasteiger partial charge < -0.3 is 10.2 Å². The molecule has 0 saturated heterocycles. The first-order valence-electron chi connectivity index (χ1n) is 6.87. The van der Waals surface area contributed by atoms with Gasteiger partial charge in [0.25, 0.3) is 0 Å². The van der Waals surface area contributed by atoms with Crippen LogP contribution in [0.4, 0.5) is 0 Å². The van der Waals surface area contributed by atoms with Crippen molar-refractivity contribution < 1.29 is 4.42 Å². The number of nitrogens with zero attached hydrogens (tertiary/aromatic N) is 1. The fourth-order valence-corrected chi connectivity index (χ4v) is 2.21. The van der Waals surface area contributed by atoms with E-state index < -0.39 is 0 Å². The molecule has 1 heterocycles. The zero-order valence-corrected chi connectivity index (χ0v) is 11.8. The van der Waals surface area contributed by atoms with Gasteiger partial charge in [-0.05, 0) is 41.3 Å². The maximum absolute atomic E-state index is 5.82. The van der Waals surface area contributed by atoms with Gasteiger partial charge in [0.05, 0.1) is 0 Å². The molecule has 102 valence electrons. The molecule has 2 aromatic carbocycles. The summed E-state index contributed by atoms with van der Waals surface area (Å²) in [5.41, 5.74) is 10.7. The average molecular weight is 266 g/mol. The van der Waals surface area contributed by atoms with Crippen molar-refractivity contribution in [2.24, 2.45) is 5.73 Å². The van der Waals surface area contributed by atoms with E-state index in [4.69, 9.17) is 10.2 Å². The Hall–Kier alpha value is -2.13. The number of fused-ring (bicyclic) bond motifs is 1. The van der Waals surface area contributed by atoms with Crippen LogP contribution >= 0.6 is 0 Å². The molecule has 3 nitrogen and oxygen atoms in total. The topological polar surface area (TPSA) is 52.0 Å². The van der Waals surface area contributed by atoms with Crippen LogP contribution in [-0.4, -0.2) is 4.98 Å². The molecule has 0 fully saturated rings. The molecule has 3 heteroatoms. The summed E-state index contributed by atoms with van der Waals surface area (Å²) >= 11 is 0. The summed E-state index contributed by atoms with van der Waals surface area (Å²) in [6, 6.07) is 14.2. The van der Waals surface area contributed by atoms with Gasteiger partial charge in [0.15, 0.2) is 5.58 Å². The van der Waals surface area contributed by atoms with Gasteiger partial charge in [-0.1, -0.05) is 32.0 Å². The van der Waals surface area contributed by atoms with E-state index in [9.17, 15) is 0 Å². The first-order chi connectivity index (χ1) is 9.67. The number of nitrogens with two attached hydrogens (primary N) is 1. The lowest BCUT2D eigenvalue weighted by atomic mass is 10.0. The second kappa shape index (κ2) is 5.10. The van der Waals surface area contributed by atoms with Gasteiger partial charge in [0.1, 0.15) is 5.52 Å². The minimum absolute atomic E-state index is 0.489. The predicted molar refractivity (Wildman–Crippen MR) is 81.4 cm³/mol. The molecular weight excluding hydrogens is 248 g/mol. The van der Waals surface area contributed by atoms with Crippen molar-refractivity contribution in [1.82, 2.24) is 4.98 Å². The molecule has 0 atom stereocenters. The summed E-state index contributed by atoms with van der Waals surface area (Å²) in [6.45, 7) is 4.90. The van der Waals surface area contributed by atoms with Crippen LogP contribution in [-0.2, 0) is 6.54 Å². The minimum Gasteiger partial charge on any atom is -0.436 e. The molecule has 0 bridgehead atoms. The zero-order valence-electron chi connectivity index (χ0n) is 11.8. The van der Waals surface area contributed by atoms with Gasteiger partial charge >= 0.3 is 0 Å². The quantitative estimate of drug-likeness (QED) is 0.777. The molecule has 2 N–H and O–H groups in total. The van der Waals surface area contributed by atoms with Crippen molar-refractivity contribution in [2.75, 3.05) is 0 Å². The lowest BCUT2D eigenvalue weighted by Gasteiger charge is -2.02. The monoisotopic (exact) mass is 266 g/mol. The minimum atomic E-state index is 0.489. The second-order valence-electron chi connectivity index (χ2n) is 5.30. The van der Waals surface area contributed by atoms with Gasteiger partial charge in [0.2, 0.25) is 5.89 Å². The summed E-state index contributed by atoms with van der Waals surface area (Å²) in [5.74, 6) is 1.15. The van der Waals surface area contributed by atoms with Crippen molar-refractivity contribution >= 4 is 11.1 Å². The van der Waals surface area contributed by atoms with Crippen LogP contribution < -0.4 is 5.73 Å². The van der Waals surface area contributed by atoms with Gasteiger partial charge in [-0.2, -0.15) is 0 Å². The molecule has 0 spiro atoms. The Morgan fingerprint density at radius 2 is 1.85 bits per heavy atom. The highest BCUT2D eigenvalue weighted by Crippen LogP contribution is 2.27. The molecule has 0 aliphatic carbocycles. The van der Waals surface area contributed by atoms with Crippen molar-refractivity contribution in [3.63, 3.8) is 0 Å². The Kier molecular flexibility index (Phi) is 3.28. The molecule has 0 aliphatic heterocycles. The SMILES string of the molecule is CC(C)c1ccc2oc(-c3ccc(CN)cc3)nc2c1. The van der Waals surface area contributed by atoms with Gasteiger partial charge in [0, 0.05) is 12.1 Å². The maximum atomic E-state index is 5.82. The van der Waals surface area contributed by atoms with Gasteiger partial charge in [-0.25, -0.2) is 4.98 Å². The van der Waals surface area contributed by atoms with E-state index in [0.29, 0.717) is 18.4 Å². The van der Waals surface area contributed by atoms with E-state index in [0.717, 1.165) is 22.2 Å². The second-order valence-corrected chi connectivity index (χ2v) is 5.30. The molecule has 0 radical (unpaired) electrons. The smallest absolute Gasteiger partial charge is 0.227 e. The molecule has 1 aromatic heterocycles. The van der Waals surface area contributed by atoms with Crippen LogP contribution in [0.5, 0.6) is 0 Å². The molecule has 0 saturated carbocycles. The maximum Gasteiger partial charge on any atom is 0.227 e. The Bertz CT molecular complexity index is 726. The Balaban J connectivity index is 2.03. The fourth-order valence-electron chi connectivity index (χ4n) is 2.21. The highest BCUT2D eigenvalue weighted by molar-refractivity contribution is 5.77. The first-order valence-corrected chi connectivity index (χ1v) is 6.87. The van der Waals surface area contributed by atoms with Crippen molar-refractivity contribution in [2.45, 2.75) is 26.3 Å². The predicted octanol–water partition coefficient (Wildman–Crippen LogP) is 4.08. The van der Waals surface area contributed by atoms with E-state index in [-0.39, 0.29) is 0 Å². The molecule has 0 unspecified atom stereocenters. The van der Waals surface area contributed by atoms with E-state index in [1.807, 2.05) is 30.3 Å². The van der Waals surface area contributed by atoms with Crippen LogP contribution in [0.2, 0.25) is 0 Å². The van der Waals surface area contributed by atoms with Crippen molar-refractivity contribution in [3.8, 4) is 11.5 Å². The third-order valence-corrected chi connectivity index (χ3v) is 3.51. The zero-order chi connectivity index (χ0) is 14.1. The molecule has 0 amide bonds. The highest BCUT2D eigenvalue weighted by Gasteiger charge is 2.09. The standard InChI is InChI=1S/C17H18N2O/c1-11(2)14-7-8-16-15(9-14)19-17(20-16)13-5-3-12(10-18)4-6-13/h3-9,11H,10,18H2,1-2H3. The number of aromatic nitrogens is 1. The Morgan fingerprint density at radius 1 is 1.10 bits per heavy atom. The first kappa shape index (κ1) is 12.9. The van der Waals surface area contributed by atoms with Crippen LogP contribution in [0, 0.1) is 0 Å². The van der Waals surface area contributed by atoms with Gasteiger partial charge in [-0.15, -0.1) is 0 Å². The number of benzene rings is 2. The van der Waals surface area contributed by atoms with Crippen LogP contribution in [0.3, 0.4) is 0 Å². The summed E-state index contributed by atoms with van der Waals surface area (Å²) in [4.78, 5) is 4.58. The summed E-state index contributed by atoms with van der Waals surface area (Å²) in [6.07, 6.45) is 0. The van der Waals surface area contributed by atoms with E-state index in [1.165, 1.54) is 5.56 Å². The van der Waals surface area contributed by atoms with E-state index in [1.54, 1.807) is 0 Å². The molecule has 3 aromatic rings. The van der Waals surface area contributed by atoms with E-state index >= 15 is 0 Å². The summed E-state index contributed by atoms with van der Waals surface area (Å²) in [5, 5.41) is 0. The largest absolute Gasteiger partial charge is 0.436 e.